The molecule has 0 saturated heterocycles. The largest absolute Gasteiger partial charge is 0.481 e. The van der Waals surface area contributed by atoms with Gasteiger partial charge >= 0.3 is 17.9 Å². The predicted octanol–water partition coefficient (Wildman–Crippen LogP) is -8.11. The molecule has 0 aromatic carbocycles. The lowest BCUT2D eigenvalue weighted by Gasteiger charge is -2.27. The second kappa shape index (κ2) is 36.8. The number of unbranched alkanes of at least 4 members (excludes halogenated alkanes) is 1. The van der Waals surface area contributed by atoms with Crippen molar-refractivity contribution in [3.05, 3.63) is 0 Å². The highest BCUT2D eigenvalue weighted by atomic mass is 16.4. The molecule has 34 nitrogen and oxygen atoms in total. The molecule has 0 aromatic heterocycles. The van der Waals surface area contributed by atoms with E-state index in [4.69, 9.17) is 34.4 Å². The standard InChI is InChI=1S/C46H80N16O18/c1-6-20(2)34(50)43(77)61-29(19-33(68)69)42(76)58-26(13-15-32(66)67)39(73)54-21(3)36(70)60-28(18-31(49)65)41(75)57-25(12-14-30(48)64)40(74)56-24(11-9-17-53-46(51)52)38(72)55-22(4)37(71)62-35(23(5)63)44(78)59-27(45(79)80)10-7-8-16-47/h20-29,34-35,63H,6-19,47,50H2,1-5H3,(H2,48,64)(H2,49,65)(H,54,73)(H,55,72)(H,56,74)(H,57,75)(H,58,76)(H,59,78)(H,60,70)(H,61,77)(H,62,71)(H,66,67)(H,68,69)(H,79,80)(H4,51,52,53)/t20-,21-,22-,23+,24-,25-,26-,27-,28-,29-,34-,35-/m0/s1. The highest BCUT2D eigenvalue weighted by molar-refractivity contribution is 6.00. The molecule has 0 heterocycles. The Labute approximate surface area is 459 Å². The topological polar surface area (TPSA) is 597 Å². The molecule has 34 heteroatoms. The van der Waals surface area contributed by atoms with E-state index in [1.54, 1.807) is 13.8 Å². The monoisotopic (exact) mass is 1140 g/mol. The second-order valence-electron chi connectivity index (χ2n) is 18.7. The van der Waals surface area contributed by atoms with Crippen LogP contribution in [0.5, 0.6) is 0 Å². The number of nitrogens with two attached hydrogens (primary N) is 6. The number of aliphatic hydroxyl groups excluding tert-OH is 1. The van der Waals surface area contributed by atoms with Gasteiger partial charge in [-0.15, -0.1) is 0 Å². The van der Waals surface area contributed by atoms with Crippen molar-refractivity contribution >= 4 is 88.8 Å². The lowest BCUT2D eigenvalue weighted by atomic mass is 9.99. The van der Waals surface area contributed by atoms with Crippen molar-refractivity contribution in [3.8, 4) is 0 Å². The summed E-state index contributed by atoms with van der Waals surface area (Å²) in [5.74, 6) is -17.5. The molecule has 12 atom stereocenters. The molecular formula is C46H80N16O18. The number of guanidine groups is 1. The van der Waals surface area contributed by atoms with Gasteiger partial charge in [-0.05, 0) is 78.2 Å². The van der Waals surface area contributed by atoms with Gasteiger partial charge in [0.05, 0.1) is 25.0 Å². The molecule has 25 N–H and O–H groups in total. The summed E-state index contributed by atoms with van der Waals surface area (Å²) < 4.78 is 0. The van der Waals surface area contributed by atoms with Crippen LogP contribution < -0.4 is 82.3 Å². The number of aliphatic hydroxyl groups is 1. The van der Waals surface area contributed by atoms with Crippen molar-refractivity contribution in [3.63, 3.8) is 0 Å². The van der Waals surface area contributed by atoms with Crippen molar-refractivity contribution in [2.75, 3.05) is 13.1 Å². The maximum absolute atomic E-state index is 14.0. The molecule has 0 rings (SSSR count). The minimum atomic E-state index is -1.94. The van der Waals surface area contributed by atoms with Crippen LogP contribution in [0.1, 0.15) is 112 Å². The summed E-state index contributed by atoms with van der Waals surface area (Å²) in [6.45, 7) is 6.88. The molecule has 0 aliphatic rings. The second-order valence-corrected chi connectivity index (χ2v) is 18.7. The van der Waals surface area contributed by atoms with Gasteiger partial charge in [0.25, 0.3) is 0 Å². The van der Waals surface area contributed by atoms with Crippen LogP contribution in [0.15, 0.2) is 4.99 Å². The summed E-state index contributed by atoms with van der Waals surface area (Å²) in [5, 5.41) is 58.9. The first kappa shape index (κ1) is 71.7. The Morgan fingerprint density at radius 2 is 0.887 bits per heavy atom. The van der Waals surface area contributed by atoms with Gasteiger partial charge in [0.15, 0.2) is 5.96 Å². The third-order valence-electron chi connectivity index (χ3n) is 11.9. The Hall–Kier alpha value is -8.27. The fourth-order valence-electron chi connectivity index (χ4n) is 7.01. The fraction of sp³-hybridized carbons (Fsp3) is 0.674. The first-order chi connectivity index (χ1) is 37.3. The normalized spacial score (nSPS) is 15.4. The van der Waals surface area contributed by atoms with Crippen LogP contribution in [0.3, 0.4) is 0 Å². The number of hydrogen-bond donors (Lipinski definition) is 19. The van der Waals surface area contributed by atoms with Gasteiger partial charge < -0.3 is 103 Å². The Kier molecular flexibility index (Phi) is 33.0. The van der Waals surface area contributed by atoms with Crippen molar-refractivity contribution < 1.29 is 87.5 Å². The molecule has 0 fully saturated rings. The van der Waals surface area contributed by atoms with Gasteiger partial charge in [-0.1, -0.05) is 20.3 Å². The zero-order chi connectivity index (χ0) is 61.6. The summed E-state index contributed by atoms with van der Waals surface area (Å²) in [6.07, 6.45) is -5.14. The third kappa shape index (κ3) is 28.4. The smallest absolute Gasteiger partial charge is 0.326 e. The molecule has 0 aromatic rings. The number of nitrogens with one attached hydrogen (secondary N) is 9. The zero-order valence-corrected chi connectivity index (χ0v) is 45.2. The Morgan fingerprint density at radius 3 is 1.32 bits per heavy atom. The Bertz CT molecular complexity index is 2230. The average molecular weight is 1150 g/mol. The summed E-state index contributed by atoms with van der Waals surface area (Å²) >= 11 is 0. The van der Waals surface area contributed by atoms with Gasteiger partial charge in [0.2, 0.25) is 65.0 Å². The summed E-state index contributed by atoms with van der Waals surface area (Å²) in [7, 11) is 0. The Morgan fingerprint density at radius 1 is 0.463 bits per heavy atom. The van der Waals surface area contributed by atoms with E-state index in [9.17, 15) is 87.5 Å². The summed E-state index contributed by atoms with van der Waals surface area (Å²) in [6, 6.07) is -16.4. The number of aliphatic carboxylic acids is 3. The van der Waals surface area contributed by atoms with Crippen LogP contribution >= 0.6 is 0 Å². The number of amides is 11. The van der Waals surface area contributed by atoms with E-state index in [0.29, 0.717) is 19.3 Å². The van der Waals surface area contributed by atoms with Crippen molar-refractivity contribution in [1.82, 2.24) is 47.9 Å². The minimum absolute atomic E-state index is 0.0132. The molecule has 452 valence electrons. The number of carboxylic acids is 3. The molecule has 0 unspecified atom stereocenters. The lowest BCUT2D eigenvalue weighted by molar-refractivity contribution is -0.143. The van der Waals surface area contributed by atoms with Gasteiger partial charge in [-0.25, -0.2) is 4.79 Å². The molecule has 0 spiro atoms. The fourth-order valence-corrected chi connectivity index (χ4v) is 7.01. The number of aliphatic imine (C=N–C) groups is 1. The number of carboxylic acid groups (broad SMARTS) is 3. The van der Waals surface area contributed by atoms with E-state index in [1.807, 2.05) is 0 Å². The highest BCUT2D eigenvalue weighted by Crippen LogP contribution is 2.10. The van der Waals surface area contributed by atoms with Crippen LogP contribution in [-0.2, 0) is 67.1 Å². The maximum atomic E-state index is 14.0. The summed E-state index contributed by atoms with van der Waals surface area (Å²) in [4.78, 5) is 184. The number of rotatable bonds is 40. The van der Waals surface area contributed by atoms with Crippen molar-refractivity contribution in [2.45, 2.75) is 178 Å². The van der Waals surface area contributed by atoms with Crippen LogP contribution in [-0.4, -0.2) is 189 Å². The predicted molar refractivity (Wildman–Crippen MR) is 280 cm³/mol. The van der Waals surface area contributed by atoms with E-state index < -0.39 is 194 Å². The maximum Gasteiger partial charge on any atom is 0.326 e. The van der Waals surface area contributed by atoms with Crippen molar-refractivity contribution in [1.29, 1.82) is 0 Å². The number of carbonyl (C=O) groups is 14. The average Bonchev–Trinajstić information content (AvgIpc) is 3.36. The molecule has 80 heavy (non-hydrogen) atoms. The van der Waals surface area contributed by atoms with Gasteiger partial charge in [-0.3, -0.25) is 67.3 Å². The molecular weight excluding hydrogens is 1060 g/mol. The SMILES string of the molecule is CC[C@H](C)[C@H](N)C(=O)N[C@@H](CC(=O)O)C(=O)N[C@@H](CCC(=O)O)C(=O)N[C@@H](C)C(=O)N[C@@H](CC(N)=O)C(=O)N[C@@H](CCC(N)=O)C(=O)N[C@@H](CCCN=C(N)N)C(=O)N[C@@H](C)C(=O)N[C@H](C(=O)N[C@@H](CCCCN)C(=O)O)[C@@H](C)O. The molecule has 0 aliphatic heterocycles. The van der Waals surface area contributed by atoms with Crippen LogP contribution in [0.2, 0.25) is 0 Å². The zero-order valence-electron chi connectivity index (χ0n) is 45.2. The number of carbonyl (C=O) groups excluding carboxylic acids is 11. The molecule has 0 saturated carbocycles. The Balaban J connectivity index is 6.60. The van der Waals surface area contributed by atoms with Gasteiger partial charge in [-0.2, -0.15) is 0 Å². The van der Waals surface area contributed by atoms with Crippen LogP contribution in [0.25, 0.3) is 0 Å². The van der Waals surface area contributed by atoms with E-state index in [0.717, 1.165) is 20.8 Å². The minimum Gasteiger partial charge on any atom is -0.481 e. The quantitative estimate of drug-likeness (QED) is 0.0154. The first-order valence-electron chi connectivity index (χ1n) is 25.4. The van der Waals surface area contributed by atoms with Crippen molar-refractivity contribution in [2.24, 2.45) is 45.3 Å². The van der Waals surface area contributed by atoms with Crippen LogP contribution in [0, 0.1) is 5.92 Å². The van der Waals surface area contributed by atoms with E-state index in [-0.39, 0.29) is 38.3 Å². The molecule has 0 aliphatic carbocycles. The number of nitrogens with zero attached hydrogens (tertiary/aromatic N) is 1. The van der Waals surface area contributed by atoms with Crippen LogP contribution in [0.4, 0.5) is 0 Å². The van der Waals surface area contributed by atoms with Gasteiger partial charge in [0.1, 0.15) is 54.4 Å². The lowest BCUT2D eigenvalue weighted by Crippen LogP contribution is -2.61. The summed E-state index contributed by atoms with van der Waals surface area (Å²) in [5.41, 5.74) is 32.9. The number of hydrogen-bond acceptors (Lipinski definition) is 18. The van der Waals surface area contributed by atoms with E-state index >= 15 is 0 Å². The third-order valence-corrected chi connectivity index (χ3v) is 11.9. The molecule has 0 bridgehead atoms. The molecule has 11 amide bonds. The van der Waals surface area contributed by atoms with E-state index in [2.05, 4.69) is 52.8 Å². The van der Waals surface area contributed by atoms with E-state index in [1.165, 1.54) is 0 Å². The molecule has 0 radical (unpaired) electrons. The van der Waals surface area contributed by atoms with Gasteiger partial charge in [0, 0.05) is 19.4 Å². The highest BCUT2D eigenvalue weighted by Gasteiger charge is 2.36. The first-order valence-corrected chi connectivity index (χ1v) is 25.4. The number of primary amides is 2.